The van der Waals surface area contributed by atoms with Gasteiger partial charge in [0.1, 0.15) is 11.8 Å². The maximum absolute atomic E-state index is 12.7. The summed E-state index contributed by atoms with van der Waals surface area (Å²) in [6.07, 6.45) is 5.29. The van der Waals surface area contributed by atoms with Crippen LogP contribution in [0.5, 0.6) is 0 Å². The molecule has 3 rings (SSSR count). The molecule has 2 saturated heterocycles. The molecule has 22 heavy (non-hydrogen) atoms. The van der Waals surface area contributed by atoms with E-state index in [-0.39, 0.29) is 11.9 Å². The van der Waals surface area contributed by atoms with Crippen molar-refractivity contribution in [3.8, 4) is 0 Å². The van der Waals surface area contributed by atoms with Crippen molar-refractivity contribution in [1.82, 2.24) is 14.3 Å². The summed E-state index contributed by atoms with van der Waals surface area (Å²) in [5.74, 6) is 0.406. The fraction of sp³-hybridized carbons (Fsp3) is 0.643. The van der Waals surface area contributed by atoms with Gasteiger partial charge in [0.15, 0.2) is 0 Å². The van der Waals surface area contributed by atoms with Gasteiger partial charge in [-0.15, -0.1) is 0 Å². The number of carbonyl (C=O) groups excluding carboxylic acids is 1. The highest BCUT2D eigenvalue weighted by Crippen LogP contribution is 2.34. The van der Waals surface area contributed by atoms with Gasteiger partial charge < -0.3 is 9.73 Å². The first-order valence-electron chi connectivity index (χ1n) is 7.68. The maximum atomic E-state index is 12.7. The van der Waals surface area contributed by atoms with E-state index < -0.39 is 16.3 Å². The van der Waals surface area contributed by atoms with Gasteiger partial charge in [0.05, 0.1) is 12.3 Å². The van der Waals surface area contributed by atoms with Gasteiger partial charge in [0, 0.05) is 13.1 Å². The Morgan fingerprint density at radius 1 is 1.27 bits per heavy atom. The molecule has 7 nitrogen and oxygen atoms in total. The van der Waals surface area contributed by atoms with Gasteiger partial charge in [0.25, 0.3) is 10.2 Å². The zero-order valence-electron chi connectivity index (χ0n) is 12.3. The van der Waals surface area contributed by atoms with Gasteiger partial charge in [-0.1, -0.05) is 0 Å². The fourth-order valence-electron chi connectivity index (χ4n) is 3.09. The van der Waals surface area contributed by atoms with E-state index in [4.69, 9.17) is 4.42 Å². The van der Waals surface area contributed by atoms with E-state index in [1.54, 1.807) is 18.4 Å². The zero-order valence-corrected chi connectivity index (χ0v) is 13.1. The summed E-state index contributed by atoms with van der Waals surface area (Å²) in [4.78, 5) is 11.9. The first kappa shape index (κ1) is 15.5. The van der Waals surface area contributed by atoms with Crippen LogP contribution in [0.15, 0.2) is 22.8 Å². The molecule has 0 saturated carbocycles. The van der Waals surface area contributed by atoms with Gasteiger partial charge in [-0.05, 0) is 44.2 Å². The largest absolute Gasteiger partial charge is 0.468 e. The summed E-state index contributed by atoms with van der Waals surface area (Å²) < 4.78 is 34.6. The Bertz CT molecular complexity index is 614. The van der Waals surface area contributed by atoms with Gasteiger partial charge in [-0.25, -0.2) is 0 Å². The van der Waals surface area contributed by atoms with Gasteiger partial charge in [-0.3, -0.25) is 4.79 Å². The minimum Gasteiger partial charge on any atom is -0.468 e. The van der Waals surface area contributed by atoms with E-state index in [1.807, 2.05) is 0 Å². The van der Waals surface area contributed by atoms with Crippen molar-refractivity contribution in [1.29, 1.82) is 0 Å². The first-order valence-corrected chi connectivity index (χ1v) is 9.12. The van der Waals surface area contributed by atoms with E-state index in [2.05, 4.69) is 10.0 Å². The molecule has 2 fully saturated rings. The Balaban J connectivity index is 1.75. The topological polar surface area (TPSA) is 91.7 Å². The number of amides is 1. The Morgan fingerprint density at radius 3 is 2.91 bits per heavy atom. The number of nitrogens with zero attached hydrogens (tertiary/aromatic N) is 1. The van der Waals surface area contributed by atoms with E-state index in [0.29, 0.717) is 25.3 Å². The Labute approximate surface area is 130 Å². The number of carbonyl (C=O) groups is 1. The summed E-state index contributed by atoms with van der Waals surface area (Å²) in [7, 11) is -3.72. The predicted octanol–water partition coefficient (Wildman–Crippen LogP) is 0.920. The SMILES string of the molecule is O=C1NCCCC[C@@H]1NS(=O)(=O)N1CCC[C@@H]1c1ccco1. The first-order chi connectivity index (χ1) is 10.6. The standard InChI is InChI=1S/C14H21N3O4S/c18-14-11(5-1-2-8-15-14)16-22(19,20)17-9-3-6-12(17)13-7-4-10-21-13/h4,7,10-12,16H,1-3,5-6,8-9H2,(H,15,18)/t11-,12+/m0/s1. The highest BCUT2D eigenvalue weighted by Gasteiger charge is 2.38. The van der Waals surface area contributed by atoms with Crippen molar-refractivity contribution in [2.45, 2.75) is 44.2 Å². The third-order valence-electron chi connectivity index (χ3n) is 4.21. The zero-order chi connectivity index (χ0) is 15.6. The molecule has 2 aliphatic heterocycles. The van der Waals surface area contributed by atoms with Gasteiger partial charge >= 0.3 is 0 Å². The molecular formula is C14H21N3O4S. The van der Waals surface area contributed by atoms with Crippen molar-refractivity contribution in [3.05, 3.63) is 24.2 Å². The van der Waals surface area contributed by atoms with Crippen LogP contribution in [-0.4, -0.2) is 37.8 Å². The molecule has 3 heterocycles. The molecule has 1 amide bonds. The van der Waals surface area contributed by atoms with Crippen LogP contribution in [0.4, 0.5) is 0 Å². The van der Waals surface area contributed by atoms with Crippen LogP contribution in [-0.2, 0) is 15.0 Å². The Kier molecular flexibility index (Phi) is 4.51. The molecule has 0 spiro atoms. The minimum atomic E-state index is -3.72. The number of hydrogen-bond acceptors (Lipinski definition) is 4. The van der Waals surface area contributed by atoms with E-state index in [9.17, 15) is 13.2 Å². The molecule has 2 atom stereocenters. The number of rotatable bonds is 4. The van der Waals surface area contributed by atoms with Crippen molar-refractivity contribution in [2.24, 2.45) is 0 Å². The average molecular weight is 327 g/mol. The van der Waals surface area contributed by atoms with Crippen LogP contribution in [0, 0.1) is 0 Å². The highest BCUT2D eigenvalue weighted by atomic mass is 32.2. The van der Waals surface area contributed by atoms with Crippen molar-refractivity contribution >= 4 is 16.1 Å². The van der Waals surface area contributed by atoms with E-state index >= 15 is 0 Å². The third kappa shape index (κ3) is 3.18. The molecule has 8 heteroatoms. The van der Waals surface area contributed by atoms with Crippen molar-refractivity contribution in [3.63, 3.8) is 0 Å². The van der Waals surface area contributed by atoms with Crippen molar-refractivity contribution in [2.75, 3.05) is 13.1 Å². The molecule has 0 radical (unpaired) electrons. The lowest BCUT2D eigenvalue weighted by molar-refractivity contribution is -0.122. The van der Waals surface area contributed by atoms with Crippen LogP contribution in [0.1, 0.15) is 43.9 Å². The lowest BCUT2D eigenvalue weighted by atomic mass is 10.1. The summed E-state index contributed by atoms with van der Waals surface area (Å²) in [5, 5.41) is 2.74. The minimum absolute atomic E-state index is 0.241. The second-order valence-electron chi connectivity index (χ2n) is 5.75. The van der Waals surface area contributed by atoms with Crippen LogP contribution in [0.3, 0.4) is 0 Å². The van der Waals surface area contributed by atoms with E-state index in [0.717, 1.165) is 25.7 Å². The quantitative estimate of drug-likeness (QED) is 0.860. The monoisotopic (exact) mass is 327 g/mol. The smallest absolute Gasteiger partial charge is 0.280 e. The van der Waals surface area contributed by atoms with E-state index in [1.165, 1.54) is 4.31 Å². The average Bonchev–Trinajstić information content (AvgIpc) is 3.12. The third-order valence-corrected chi connectivity index (χ3v) is 5.85. The summed E-state index contributed by atoms with van der Waals surface area (Å²) in [6.45, 7) is 1.05. The second-order valence-corrected chi connectivity index (χ2v) is 7.40. The van der Waals surface area contributed by atoms with Crippen molar-refractivity contribution < 1.29 is 17.6 Å². The summed E-state index contributed by atoms with van der Waals surface area (Å²) >= 11 is 0. The number of nitrogens with one attached hydrogen (secondary N) is 2. The van der Waals surface area contributed by atoms with Crippen LogP contribution < -0.4 is 10.0 Å². The number of hydrogen-bond donors (Lipinski definition) is 2. The highest BCUT2D eigenvalue weighted by molar-refractivity contribution is 7.87. The molecular weight excluding hydrogens is 306 g/mol. The molecule has 1 aromatic heterocycles. The molecule has 1 aromatic rings. The lowest BCUT2D eigenvalue weighted by Gasteiger charge is -2.25. The molecule has 0 unspecified atom stereocenters. The Hall–Kier alpha value is -1.38. The predicted molar refractivity (Wildman–Crippen MR) is 80.1 cm³/mol. The number of furan rings is 1. The normalized spacial score (nSPS) is 27.5. The lowest BCUT2D eigenvalue weighted by Crippen LogP contribution is -2.50. The fourth-order valence-corrected chi connectivity index (χ4v) is 4.73. The second kappa shape index (κ2) is 6.39. The molecule has 2 N–H and O–H groups in total. The van der Waals surface area contributed by atoms with Gasteiger partial charge in [-0.2, -0.15) is 17.4 Å². The maximum Gasteiger partial charge on any atom is 0.280 e. The van der Waals surface area contributed by atoms with Crippen LogP contribution in [0.25, 0.3) is 0 Å². The Morgan fingerprint density at radius 2 is 2.14 bits per heavy atom. The summed E-state index contributed by atoms with van der Waals surface area (Å²) in [5.41, 5.74) is 0. The molecule has 0 aromatic carbocycles. The van der Waals surface area contributed by atoms with Crippen LogP contribution >= 0.6 is 0 Å². The molecule has 0 aliphatic carbocycles. The van der Waals surface area contributed by atoms with Crippen LogP contribution in [0.2, 0.25) is 0 Å². The van der Waals surface area contributed by atoms with Gasteiger partial charge in [0.2, 0.25) is 5.91 Å². The molecule has 2 aliphatic rings. The summed E-state index contributed by atoms with van der Waals surface area (Å²) in [6, 6.07) is 2.56. The molecule has 122 valence electrons. The molecule has 0 bridgehead atoms.